The van der Waals surface area contributed by atoms with Crippen molar-refractivity contribution in [3.63, 3.8) is 0 Å². The van der Waals surface area contributed by atoms with E-state index >= 15 is 0 Å². The van der Waals surface area contributed by atoms with Crippen LogP contribution in [-0.2, 0) is 9.53 Å². The molecule has 0 atom stereocenters. The number of carbonyl (C=O) groups is 1. The lowest BCUT2D eigenvalue weighted by Crippen LogP contribution is -2.33. The van der Waals surface area contributed by atoms with Gasteiger partial charge in [-0.05, 0) is 42.5 Å². The molecule has 4 heteroatoms. The zero-order valence-electron chi connectivity index (χ0n) is 11.9. The number of anilines is 1. The van der Waals surface area contributed by atoms with E-state index in [1.54, 1.807) is 11.0 Å². The quantitative estimate of drug-likeness (QED) is 0.676. The van der Waals surface area contributed by atoms with Gasteiger partial charge in [-0.3, -0.25) is 4.79 Å². The monoisotopic (exact) mass is 274 g/mol. The fourth-order valence-corrected chi connectivity index (χ4v) is 2.31. The predicted molar refractivity (Wildman–Crippen MR) is 81.1 cm³/mol. The van der Waals surface area contributed by atoms with Gasteiger partial charge in [0.15, 0.2) is 0 Å². The van der Waals surface area contributed by atoms with E-state index in [-0.39, 0.29) is 5.91 Å². The van der Waals surface area contributed by atoms with Crippen molar-refractivity contribution in [1.82, 2.24) is 4.90 Å². The van der Waals surface area contributed by atoms with Crippen molar-refractivity contribution in [2.75, 3.05) is 32.5 Å². The van der Waals surface area contributed by atoms with E-state index in [1.807, 2.05) is 37.4 Å². The second kappa shape index (κ2) is 7.10. The number of benzene rings is 1. The van der Waals surface area contributed by atoms with Crippen molar-refractivity contribution in [3.8, 4) is 0 Å². The summed E-state index contributed by atoms with van der Waals surface area (Å²) in [5.41, 5.74) is 7.33. The van der Waals surface area contributed by atoms with Gasteiger partial charge in [0.1, 0.15) is 0 Å². The van der Waals surface area contributed by atoms with Crippen molar-refractivity contribution in [1.29, 1.82) is 0 Å². The molecule has 1 aromatic rings. The minimum absolute atomic E-state index is 0.0355. The fraction of sp³-hybridized carbons (Fsp3) is 0.438. The third-order valence-electron chi connectivity index (χ3n) is 3.60. The van der Waals surface area contributed by atoms with Crippen LogP contribution in [0.2, 0.25) is 0 Å². The summed E-state index contributed by atoms with van der Waals surface area (Å²) in [5, 5.41) is 0. The smallest absolute Gasteiger partial charge is 0.246 e. The first kappa shape index (κ1) is 14.6. The minimum Gasteiger partial charge on any atom is -0.399 e. The zero-order valence-corrected chi connectivity index (χ0v) is 11.9. The van der Waals surface area contributed by atoms with Crippen molar-refractivity contribution < 1.29 is 9.53 Å². The first-order chi connectivity index (χ1) is 9.65. The summed E-state index contributed by atoms with van der Waals surface area (Å²) in [5.74, 6) is 0.593. The normalized spacial score (nSPS) is 16.4. The lowest BCUT2D eigenvalue weighted by molar-refractivity contribution is -0.125. The molecule has 0 spiro atoms. The summed E-state index contributed by atoms with van der Waals surface area (Å²) in [6, 6.07) is 7.46. The Bertz CT molecular complexity index is 462. The molecular formula is C16H22N2O2. The summed E-state index contributed by atoms with van der Waals surface area (Å²) in [6.45, 7) is 2.43. The molecule has 1 heterocycles. The lowest BCUT2D eigenvalue weighted by Gasteiger charge is -2.26. The van der Waals surface area contributed by atoms with E-state index in [0.717, 1.165) is 43.9 Å². The Balaban J connectivity index is 1.85. The average Bonchev–Trinajstić information content (AvgIpc) is 2.47. The van der Waals surface area contributed by atoms with E-state index in [9.17, 15) is 4.79 Å². The van der Waals surface area contributed by atoms with Gasteiger partial charge < -0.3 is 15.4 Å². The number of rotatable bonds is 4. The topological polar surface area (TPSA) is 55.6 Å². The second-order valence-electron chi connectivity index (χ2n) is 5.27. The van der Waals surface area contributed by atoms with Gasteiger partial charge in [0, 0.05) is 38.6 Å². The van der Waals surface area contributed by atoms with Crippen molar-refractivity contribution in [2.24, 2.45) is 5.92 Å². The highest BCUT2D eigenvalue weighted by atomic mass is 16.5. The summed E-state index contributed by atoms with van der Waals surface area (Å²) >= 11 is 0. The predicted octanol–water partition coefficient (Wildman–Crippen LogP) is 2.17. The molecule has 1 aliphatic rings. The highest BCUT2D eigenvalue weighted by molar-refractivity contribution is 5.91. The van der Waals surface area contributed by atoms with Crippen LogP contribution in [0.3, 0.4) is 0 Å². The van der Waals surface area contributed by atoms with E-state index in [1.165, 1.54) is 0 Å². The number of hydrogen-bond donors (Lipinski definition) is 1. The van der Waals surface area contributed by atoms with Crippen LogP contribution >= 0.6 is 0 Å². The van der Waals surface area contributed by atoms with Gasteiger partial charge in [0.25, 0.3) is 0 Å². The lowest BCUT2D eigenvalue weighted by atomic mass is 10.00. The van der Waals surface area contributed by atoms with Gasteiger partial charge in [-0.25, -0.2) is 0 Å². The highest BCUT2D eigenvalue weighted by Gasteiger charge is 2.17. The van der Waals surface area contributed by atoms with Crippen molar-refractivity contribution in [3.05, 3.63) is 35.9 Å². The van der Waals surface area contributed by atoms with Crippen LogP contribution in [0.1, 0.15) is 18.4 Å². The molecule has 0 unspecified atom stereocenters. The number of nitrogens with zero attached hydrogens (tertiary/aromatic N) is 1. The molecule has 1 amide bonds. The molecule has 1 aliphatic heterocycles. The number of nitrogen functional groups attached to an aromatic ring is 1. The Morgan fingerprint density at radius 3 is 2.65 bits per heavy atom. The number of carbonyl (C=O) groups excluding carboxylic acids is 1. The maximum atomic E-state index is 12.0. The van der Waals surface area contributed by atoms with Gasteiger partial charge in [-0.1, -0.05) is 12.1 Å². The Morgan fingerprint density at radius 2 is 2.00 bits per heavy atom. The first-order valence-corrected chi connectivity index (χ1v) is 7.01. The third kappa shape index (κ3) is 4.38. The minimum atomic E-state index is 0.0355. The number of likely N-dealkylation sites (N-methyl/N-ethyl adjacent to an activating group) is 1. The molecule has 0 bridgehead atoms. The second-order valence-corrected chi connectivity index (χ2v) is 5.27. The standard InChI is InChI=1S/C16H22N2O2/c1-18(12-14-8-10-20-11-9-14)16(19)7-4-13-2-5-15(17)6-3-13/h2-7,14H,8-12,17H2,1H3/b7-4+. The Kier molecular flexibility index (Phi) is 5.18. The van der Waals surface area contributed by atoms with E-state index in [0.29, 0.717) is 5.92 Å². The molecule has 0 aliphatic carbocycles. The van der Waals surface area contributed by atoms with Crippen molar-refractivity contribution >= 4 is 17.7 Å². The molecule has 4 nitrogen and oxygen atoms in total. The molecule has 1 fully saturated rings. The summed E-state index contributed by atoms with van der Waals surface area (Å²) in [6.07, 6.45) is 5.52. The first-order valence-electron chi connectivity index (χ1n) is 7.01. The van der Waals surface area contributed by atoms with E-state index in [2.05, 4.69) is 0 Å². The maximum absolute atomic E-state index is 12.0. The number of nitrogens with two attached hydrogens (primary N) is 1. The molecule has 1 saturated heterocycles. The van der Waals surface area contributed by atoms with Crippen LogP contribution in [0.5, 0.6) is 0 Å². The number of amides is 1. The Labute approximate surface area is 120 Å². The fourth-order valence-electron chi connectivity index (χ4n) is 2.31. The Hall–Kier alpha value is -1.81. The van der Waals surface area contributed by atoms with Gasteiger partial charge in [-0.2, -0.15) is 0 Å². The SMILES string of the molecule is CN(CC1CCOCC1)C(=O)/C=C/c1ccc(N)cc1. The molecule has 0 radical (unpaired) electrons. The Morgan fingerprint density at radius 1 is 1.35 bits per heavy atom. The summed E-state index contributed by atoms with van der Waals surface area (Å²) in [7, 11) is 1.85. The highest BCUT2D eigenvalue weighted by Crippen LogP contribution is 2.15. The average molecular weight is 274 g/mol. The van der Waals surface area contributed by atoms with Crippen LogP contribution in [-0.4, -0.2) is 37.6 Å². The molecule has 108 valence electrons. The summed E-state index contributed by atoms with van der Waals surface area (Å²) < 4.78 is 5.33. The van der Waals surface area contributed by atoms with Crippen LogP contribution < -0.4 is 5.73 Å². The third-order valence-corrected chi connectivity index (χ3v) is 3.60. The molecule has 0 aromatic heterocycles. The van der Waals surface area contributed by atoms with Crippen LogP contribution in [0.4, 0.5) is 5.69 Å². The molecule has 20 heavy (non-hydrogen) atoms. The molecule has 2 N–H and O–H groups in total. The van der Waals surface area contributed by atoms with Gasteiger partial charge >= 0.3 is 0 Å². The summed E-state index contributed by atoms with van der Waals surface area (Å²) in [4.78, 5) is 13.8. The number of hydrogen-bond acceptors (Lipinski definition) is 3. The number of ether oxygens (including phenoxy) is 1. The molecule has 1 aromatic carbocycles. The van der Waals surface area contributed by atoms with E-state index < -0.39 is 0 Å². The van der Waals surface area contributed by atoms with Gasteiger partial charge in [0.2, 0.25) is 5.91 Å². The van der Waals surface area contributed by atoms with Crippen molar-refractivity contribution in [2.45, 2.75) is 12.8 Å². The zero-order chi connectivity index (χ0) is 14.4. The molecule has 0 saturated carbocycles. The molecular weight excluding hydrogens is 252 g/mol. The molecule has 2 rings (SSSR count). The van der Waals surface area contributed by atoms with Crippen LogP contribution in [0, 0.1) is 5.92 Å². The maximum Gasteiger partial charge on any atom is 0.246 e. The largest absolute Gasteiger partial charge is 0.399 e. The van der Waals surface area contributed by atoms with Gasteiger partial charge in [0.05, 0.1) is 0 Å². The van der Waals surface area contributed by atoms with E-state index in [4.69, 9.17) is 10.5 Å². The van der Waals surface area contributed by atoms with Crippen LogP contribution in [0.15, 0.2) is 30.3 Å². The van der Waals surface area contributed by atoms with Gasteiger partial charge in [-0.15, -0.1) is 0 Å². The van der Waals surface area contributed by atoms with Crippen LogP contribution in [0.25, 0.3) is 6.08 Å².